The predicted molar refractivity (Wildman–Crippen MR) is 86.6 cm³/mol. The minimum Gasteiger partial charge on any atom is -0.325 e. The number of carbonyl (C=O) groups is 1. The highest BCUT2D eigenvalue weighted by Gasteiger charge is 2.24. The number of nitrogens with one attached hydrogen (secondary N) is 1. The van der Waals surface area contributed by atoms with Gasteiger partial charge in [0.25, 0.3) is 0 Å². The number of hydrogen-bond acceptors (Lipinski definition) is 1. The van der Waals surface area contributed by atoms with Crippen molar-refractivity contribution in [2.75, 3.05) is 5.32 Å². The van der Waals surface area contributed by atoms with E-state index in [2.05, 4.69) is 27.8 Å². The molecule has 23 heavy (non-hydrogen) atoms. The summed E-state index contributed by atoms with van der Waals surface area (Å²) in [6, 6.07) is 7.72. The van der Waals surface area contributed by atoms with Crippen LogP contribution in [0.1, 0.15) is 17.9 Å². The molecule has 2 aromatic rings. The maximum Gasteiger partial charge on any atom is 0.232 e. The fourth-order valence-corrected chi connectivity index (χ4v) is 2.38. The fourth-order valence-electron chi connectivity index (χ4n) is 2.13. The molecule has 2 aromatic carbocycles. The molecule has 6 heteroatoms. The first kappa shape index (κ1) is 17.3. The van der Waals surface area contributed by atoms with Crippen molar-refractivity contribution in [2.24, 2.45) is 0 Å². The molecule has 0 saturated carbocycles. The zero-order valence-corrected chi connectivity index (χ0v) is 13.5. The van der Waals surface area contributed by atoms with E-state index in [9.17, 15) is 18.0 Å². The largest absolute Gasteiger partial charge is 0.325 e. The van der Waals surface area contributed by atoms with Crippen molar-refractivity contribution in [1.29, 1.82) is 0 Å². The number of benzene rings is 2. The van der Waals surface area contributed by atoms with Gasteiger partial charge >= 0.3 is 0 Å². The second-order valence-electron chi connectivity index (χ2n) is 4.84. The number of amides is 1. The van der Waals surface area contributed by atoms with Crippen molar-refractivity contribution in [3.05, 3.63) is 76.5 Å². The Labute approximate surface area is 140 Å². The van der Waals surface area contributed by atoms with Crippen LogP contribution in [0.4, 0.5) is 18.9 Å². The van der Waals surface area contributed by atoms with Crippen LogP contribution < -0.4 is 5.32 Å². The lowest BCUT2D eigenvalue weighted by Crippen LogP contribution is -2.22. The summed E-state index contributed by atoms with van der Waals surface area (Å²) in [6.45, 7) is 3.53. The summed E-state index contributed by atoms with van der Waals surface area (Å²) in [6.07, 6.45) is 1.56. The number of allylic oxidation sites excluding steroid dienone is 1. The smallest absolute Gasteiger partial charge is 0.232 e. The predicted octanol–water partition coefficient (Wildman–Crippen LogP) is 5.16. The van der Waals surface area contributed by atoms with E-state index in [1.807, 2.05) is 0 Å². The number of anilines is 1. The summed E-state index contributed by atoms with van der Waals surface area (Å²) >= 11 is 3.01. The van der Waals surface area contributed by atoms with E-state index in [0.29, 0.717) is 0 Å². The Bertz CT molecular complexity index is 749. The Morgan fingerprint density at radius 3 is 2.61 bits per heavy atom. The van der Waals surface area contributed by atoms with Gasteiger partial charge in [-0.2, -0.15) is 0 Å². The second-order valence-corrected chi connectivity index (χ2v) is 5.69. The molecule has 0 saturated heterocycles. The molecule has 0 spiro atoms. The van der Waals surface area contributed by atoms with E-state index in [4.69, 9.17) is 0 Å². The lowest BCUT2D eigenvalue weighted by Gasteiger charge is -2.17. The normalized spacial score (nSPS) is 11.8. The van der Waals surface area contributed by atoms with Crippen LogP contribution in [0.3, 0.4) is 0 Å². The van der Waals surface area contributed by atoms with Crippen LogP contribution in [0.5, 0.6) is 0 Å². The molecule has 1 unspecified atom stereocenters. The summed E-state index contributed by atoms with van der Waals surface area (Å²) < 4.78 is 41.1. The first-order chi connectivity index (χ1) is 10.9. The molecule has 0 heterocycles. The molecule has 120 valence electrons. The van der Waals surface area contributed by atoms with Gasteiger partial charge in [-0.25, -0.2) is 13.2 Å². The highest BCUT2D eigenvalue weighted by atomic mass is 79.9. The van der Waals surface area contributed by atoms with E-state index in [0.717, 1.165) is 12.1 Å². The number of rotatable bonds is 5. The maximum atomic E-state index is 13.9. The van der Waals surface area contributed by atoms with Gasteiger partial charge in [-0.1, -0.05) is 18.2 Å². The van der Waals surface area contributed by atoms with Crippen LogP contribution in [0.25, 0.3) is 0 Å². The van der Waals surface area contributed by atoms with E-state index < -0.39 is 29.3 Å². The van der Waals surface area contributed by atoms with E-state index in [1.165, 1.54) is 30.3 Å². The van der Waals surface area contributed by atoms with Crippen molar-refractivity contribution < 1.29 is 18.0 Å². The Morgan fingerprint density at radius 2 is 1.96 bits per heavy atom. The van der Waals surface area contributed by atoms with Gasteiger partial charge in [0.15, 0.2) is 11.6 Å². The summed E-state index contributed by atoms with van der Waals surface area (Å²) in [7, 11) is 0. The molecule has 0 aliphatic carbocycles. The standard InChI is InChI=1S/C17H13BrF3NO/c1-2-4-12(11-5-3-6-14(19)16(11)21)17(23)22-10-7-8-13(18)15(20)9-10/h2-3,5-9,12H,1,4H2,(H,22,23). The highest BCUT2D eigenvalue weighted by molar-refractivity contribution is 9.10. The third-order valence-corrected chi connectivity index (χ3v) is 3.91. The lowest BCUT2D eigenvalue weighted by molar-refractivity contribution is -0.117. The molecule has 1 atom stereocenters. The van der Waals surface area contributed by atoms with Gasteiger partial charge in [0.2, 0.25) is 5.91 Å². The zero-order valence-electron chi connectivity index (χ0n) is 12.0. The molecule has 1 N–H and O–H groups in total. The summed E-state index contributed by atoms with van der Waals surface area (Å²) in [5.41, 5.74) is 0.154. The Kier molecular flexibility index (Phi) is 5.60. The molecule has 2 rings (SSSR count). The van der Waals surface area contributed by atoms with E-state index in [-0.39, 0.29) is 22.1 Å². The monoisotopic (exact) mass is 383 g/mol. The van der Waals surface area contributed by atoms with E-state index in [1.54, 1.807) is 0 Å². The van der Waals surface area contributed by atoms with Crippen LogP contribution in [0.2, 0.25) is 0 Å². The quantitative estimate of drug-likeness (QED) is 0.709. The molecule has 0 bridgehead atoms. The van der Waals surface area contributed by atoms with Crippen LogP contribution in [0.15, 0.2) is 53.5 Å². The molecule has 2 nitrogen and oxygen atoms in total. The third-order valence-electron chi connectivity index (χ3n) is 3.26. The van der Waals surface area contributed by atoms with Crippen molar-refractivity contribution in [3.8, 4) is 0 Å². The lowest BCUT2D eigenvalue weighted by atomic mass is 9.94. The fraction of sp³-hybridized carbons (Fsp3) is 0.118. The van der Waals surface area contributed by atoms with Gasteiger partial charge in [-0.3, -0.25) is 4.79 Å². The first-order valence-electron chi connectivity index (χ1n) is 6.74. The SMILES string of the molecule is C=CCC(C(=O)Nc1ccc(Br)c(F)c1)c1cccc(F)c1F. The van der Waals surface area contributed by atoms with Gasteiger partial charge in [-0.05, 0) is 46.6 Å². The molecular weight excluding hydrogens is 371 g/mol. The average molecular weight is 384 g/mol. The maximum absolute atomic E-state index is 13.9. The van der Waals surface area contributed by atoms with Crippen molar-refractivity contribution in [2.45, 2.75) is 12.3 Å². The van der Waals surface area contributed by atoms with Gasteiger partial charge < -0.3 is 5.32 Å². The van der Waals surface area contributed by atoms with Crippen molar-refractivity contribution in [1.82, 2.24) is 0 Å². The van der Waals surface area contributed by atoms with Gasteiger partial charge in [0.05, 0.1) is 10.4 Å². The molecule has 0 radical (unpaired) electrons. The highest BCUT2D eigenvalue weighted by Crippen LogP contribution is 2.27. The average Bonchev–Trinajstić information content (AvgIpc) is 2.51. The summed E-state index contributed by atoms with van der Waals surface area (Å²) in [5.74, 6) is -4.18. The van der Waals surface area contributed by atoms with Crippen LogP contribution >= 0.6 is 15.9 Å². The van der Waals surface area contributed by atoms with Crippen LogP contribution in [0, 0.1) is 17.5 Å². The Balaban J connectivity index is 2.29. The van der Waals surface area contributed by atoms with E-state index >= 15 is 0 Å². The van der Waals surface area contributed by atoms with Gasteiger partial charge in [-0.15, -0.1) is 6.58 Å². The first-order valence-corrected chi connectivity index (χ1v) is 7.54. The third kappa shape index (κ3) is 4.01. The second kappa shape index (κ2) is 7.46. The van der Waals surface area contributed by atoms with Crippen molar-refractivity contribution >= 4 is 27.5 Å². The minimum atomic E-state index is -1.07. The molecule has 0 aromatic heterocycles. The Hall–Kier alpha value is -2.08. The van der Waals surface area contributed by atoms with Crippen LogP contribution in [-0.4, -0.2) is 5.91 Å². The zero-order chi connectivity index (χ0) is 17.0. The topological polar surface area (TPSA) is 29.1 Å². The summed E-state index contributed by atoms with van der Waals surface area (Å²) in [4.78, 5) is 12.4. The molecule has 1 amide bonds. The molecular formula is C17H13BrF3NO. The molecule has 0 aliphatic rings. The van der Waals surface area contributed by atoms with Crippen LogP contribution in [-0.2, 0) is 4.79 Å². The number of hydrogen-bond donors (Lipinski definition) is 1. The molecule has 0 aliphatic heterocycles. The number of carbonyl (C=O) groups excluding carboxylic acids is 1. The van der Waals surface area contributed by atoms with Gasteiger partial charge in [0.1, 0.15) is 5.82 Å². The summed E-state index contributed by atoms with van der Waals surface area (Å²) in [5, 5.41) is 2.50. The Morgan fingerprint density at radius 1 is 1.22 bits per heavy atom. The molecule has 0 fully saturated rings. The van der Waals surface area contributed by atoms with Crippen molar-refractivity contribution in [3.63, 3.8) is 0 Å². The van der Waals surface area contributed by atoms with Gasteiger partial charge in [0, 0.05) is 11.3 Å². The number of halogens is 4. The minimum absolute atomic E-state index is 0.0695.